The van der Waals surface area contributed by atoms with E-state index in [4.69, 9.17) is 0 Å². The molecule has 1 N–H and O–H groups in total. The van der Waals surface area contributed by atoms with Crippen molar-refractivity contribution in [2.24, 2.45) is 0 Å². The maximum Gasteiger partial charge on any atom is 0.0944 e. The molecule has 1 aromatic heterocycles. The number of rotatable bonds is 5. The fraction of sp³-hybridized carbons (Fsp3) is 0.750. The molecule has 0 bridgehead atoms. The smallest absolute Gasteiger partial charge is 0.0944 e. The van der Waals surface area contributed by atoms with Gasteiger partial charge >= 0.3 is 0 Å². The number of hydrogen-bond acceptors (Lipinski definition) is 5. The molecule has 1 fully saturated rings. The number of thioether (sulfide) groups is 2. The van der Waals surface area contributed by atoms with Gasteiger partial charge in [0, 0.05) is 46.0 Å². The summed E-state index contributed by atoms with van der Waals surface area (Å²) in [6, 6.07) is 0.586. The first kappa shape index (κ1) is 13.7. The fourth-order valence-corrected chi connectivity index (χ4v) is 5.74. The Hall–Kier alpha value is 0.290. The SMILES string of the molecule is CCNC(Cc1nc(C)cs1)C1CSCCS1. The van der Waals surface area contributed by atoms with Gasteiger partial charge in [-0.25, -0.2) is 4.98 Å². The number of likely N-dealkylation sites (N-methyl/N-ethyl adjacent to an activating group) is 1. The Morgan fingerprint density at radius 1 is 1.53 bits per heavy atom. The molecule has 0 aliphatic carbocycles. The van der Waals surface area contributed by atoms with Crippen LogP contribution in [0.4, 0.5) is 0 Å². The van der Waals surface area contributed by atoms with E-state index in [2.05, 4.69) is 53.1 Å². The van der Waals surface area contributed by atoms with E-state index >= 15 is 0 Å². The maximum absolute atomic E-state index is 4.59. The lowest BCUT2D eigenvalue weighted by Gasteiger charge is -2.29. The van der Waals surface area contributed by atoms with Gasteiger partial charge in [-0.3, -0.25) is 0 Å². The lowest BCUT2D eigenvalue weighted by atomic mass is 10.1. The van der Waals surface area contributed by atoms with Crippen molar-refractivity contribution in [3.63, 3.8) is 0 Å². The van der Waals surface area contributed by atoms with E-state index in [1.165, 1.54) is 22.3 Å². The highest BCUT2D eigenvalue weighted by molar-refractivity contribution is 8.06. The zero-order valence-corrected chi connectivity index (χ0v) is 12.9. The van der Waals surface area contributed by atoms with Gasteiger partial charge in [-0.05, 0) is 13.5 Å². The highest BCUT2D eigenvalue weighted by Gasteiger charge is 2.24. The Labute approximate surface area is 116 Å². The first-order chi connectivity index (χ1) is 8.29. The third-order valence-corrected chi connectivity index (χ3v) is 6.73. The molecule has 2 atom stereocenters. The molecular weight excluding hydrogens is 268 g/mol. The number of aryl methyl sites for hydroxylation is 1. The van der Waals surface area contributed by atoms with Gasteiger partial charge in [-0.15, -0.1) is 11.3 Å². The summed E-state index contributed by atoms with van der Waals surface area (Å²) in [6.45, 7) is 5.32. The maximum atomic E-state index is 4.59. The molecule has 1 aromatic rings. The summed E-state index contributed by atoms with van der Waals surface area (Å²) in [5.74, 6) is 3.90. The third-order valence-electron chi connectivity index (χ3n) is 2.82. The van der Waals surface area contributed by atoms with Gasteiger partial charge in [0.15, 0.2) is 0 Å². The normalized spacial score (nSPS) is 22.6. The largest absolute Gasteiger partial charge is 0.313 e. The van der Waals surface area contributed by atoms with Gasteiger partial charge < -0.3 is 5.32 Å². The van der Waals surface area contributed by atoms with Crippen LogP contribution < -0.4 is 5.32 Å². The molecule has 96 valence electrons. The molecule has 1 aliphatic rings. The molecule has 0 aromatic carbocycles. The van der Waals surface area contributed by atoms with Crippen LogP contribution in [0.25, 0.3) is 0 Å². The summed E-state index contributed by atoms with van der Waals surface area (Å²) in [4.78, 5) is 4.59. The van der Waals surface area contributed by atoms with Gasteiger partial charge in [0.2, 0.25) is 0 Å². The van der Waals surface area contributed by atoms with Gasteiger partial charge in [0.25, 0.3) is 0 Å². The Morgan fingerprint density at radius 3 is 3.00 bits per heavy atom. The van der Waals surface area contributed by atoms with Gasteiger partial charge in [-0.2, -0.15) is 23.5 Å². The average molecular weight is 289 g/mol. The van der Waals surface area contributed by atoms with E-state index < -0.39 is 0 Å². The topological polar surface area (TPSA) is 24.9 Å². The molecule has 0 saturated carbocycles. The van der Waals surface area contributed by atoms with E-state index in [1.54, 1.807) is 11.3 Å². The van der Waals surface area contributed by atoms with Crippen LogP contribution in [-0.4, -0.2) is 40.1 Å². The van der Waals surface area contributed by atoms with Crippen LogP contribution in [0.1, 0.15) is 17.6 Å². The average Bonchev–Trinajstić information content (AvgIpc) is 2.75. The second kappa shape index (κ2) is 7.02. The molecule has 2 nitrogen and oxygen atoms in total. The van der Waals surface area contributed by atoms with Crippen LogP contribution in [-0.2, 0) is 6.42 Å². The summed E-state index contributed by atoms with van der Waals surface area (Å²) in [7, 11) is 0. The molecule has 0 radical (unpaired) electrons. The summed E-state index contributed by atoms with van der Waals surface area (Å²) in [5, 5.41) is 7.83. The summed E-state index contributed by atoms with van der Waals surface area (Å²) < 4.78 is 0. The molecular formula is C12H20N2S3. The van der Waals surface area contributed by atoms with Crippen molar-refractivity contribution in [2.45, 2.75) is 31.6 Å². The molecule has 2 unspecified atom stereocenters. The van der Waals surface area contributed by atoms with Gasteiger partial charge in [0.05, 0.1) is 5.01 Å². The molecule has 1 aliphatic heterocycles. The Balaban J connectivity index is 1.95. The number of aromatic nitrogens is 1. The van der Waals surface area contributed by atoms with Crippen molar-refractivity contribution in [1.82, 2.24) is 10.3 Å². The van der Waals surface area contributed by atoms with Crippen molar-refractivity contribution in [2.75, 3.05) is 23.8 Å². The second-order valence-electron chi connectivity index (χ2n) is 4.24. The van der Waals surface area contributed by atoms with E-state index in [-0.39, 0.29) is 0 Å². The minimum Gasteiger partial charge on any atom is -0.313 e. The van der Waals surface area contributed by atoms with Crippen LogP contribution in [0.5, 0.6) is 0 Å². The second-order valence-corrected chi connectivity index (χ2v) is 7.67. The lowest BCUT2D eigenvalue weighted by Crippen LogP contribution is -2.42. The Morgan fingerprint density at radius 2 is 2.41 bits per heavy atom. The molecule has 1 saturated heterocycles. The first-order valence-corrected chi connectivity index (χ1v) is 9.21. The summed E-state index contributed by atoms with van der Waals surface area (Å²) >= 11 is 6.03. The summed E-state index contributed by atoms with van der Waals surface area (Å²) in [5.41, 5.74) is 1.16. The fourth-order valence-electron chi connectivity index (χ4n) is 2.02. The van der Waals surface area contributed by atoms with Gasteiger partial charge in [0.1, 0.15) is 0 Å². The minimum absolute atomic E-state index is 0.586. The highest BCUT2D eigenvalue weighted by atomic mass is 32.2. The van der Waals surface area contributed by atoms with E-state index in [1.807, 2.05) is 0 Å². The van der Waals surface area contributed by atoms with Gasteiger partial charge in [-0.1, -0.05) is 6.92 Å². The van der Waals surface area contributed by atoms with Crippen LogP contribution in [0.3, 0.4) is 0 Å². The van der Waals surface area contributed by atoms with Crippen LogP contribution in [0.15, 0.2) is 5.38 Å². The molecule has 0 spiro atoms. The predicted molar refractivity (Wildman–Crippen MR) is 81.6 cm³/mol. The molecule has 2 heterocycles. The lowest BCUT2D eigenvalue weighted by molar-refractivity contribution is 0.521. The van der Waals surface area contributed by atoms with Crippen molar-refractivity contribution in [1.29, 1.82) is 0 Å². The molecule has 17 heavy (non-hydrogen) atoms. The van der Waals surface area contributed by atoms with Crippen LogP contribution >= 0.6 is 34.9 Å². The van der Waals surface area contributed by atoms with Crippen molar-refractivity contribution >= 4 is 34.9 Å². The zero-order chi connectivity index (χ0) is 12.1. The zero-order valence-electron chi connectivity index (χ0n) is 10.4. The minimum atomic E-state index is 0.586. The van der Waals surface area contributed by atoms with Crippen molar-refractivity contribution in [3.05, 3.63) is 16.1 Å². The molecule has 0 amide bonds. The molecule has 2 rings (SSSR count). The first-order valence-electron chi connectivity index (χ1n) is 6.13. The van der Waals surface area contributed by atoms with Crippen LogP contribution in [0, 0.1) is 6.92 Å². The van der Waals surface area contributed by atoms with E-state index in [9.17, 15) is 0 Å². The number of thiazole rings is 1. The highest BCUT2D eigenvalue weighted by Crippen LogP contribution is 2.28. The Bertz CT molecular complexity index is 334. The van der Waals surface area contributed by atoms with Crippen LogP contribution in [0.2, 0.25) is 0 Å². The molecule has 5 heteroatoms. The monoisotopic (exact) mass is 288 g/mol. The van der Waals surface area contributed by atoms with Crippen molar-refractivity contribution in [3.8, 4) is 0 Å². The van der Waals surface area contributed by atoms with E-state index in [0.29, 0.717) is 6.04 Å². The number of hydrogen-bond donors (Lipinski definition) is 1. The van der Waals surface area contributed by atoms with E-state index in [0.717, 1.165) is 23.9 Å². The summed E-state index contributed by atoms with van der Waals surface area (Å²) in [6.07, 6.45) is 1.09. The van der Waals surface area contributed by atoms with Crippen molar-refractivity contribution < 1.29 is 0 Å². The number of nitrogens with zero attached hydrogens (tertiary/aromatic N) is 1. The Kier molecular flexibility index (Phi) is 5.66. The predicted octanol–water partition coefficient (Wildman–Crippen LogP) is 2.82. The number of nitrogens with one attached hydrogen (secondary N) is 1. The standard InChI is InChI=1S/C12H20N2S3/c1-3-13-10(11-8-15-4-5-16-11)6-12-14-9(2)7-17-12/h7,10-11,13H,3-6,8H2,1-2H3. The third kappa shape index (κ3) is 4.16. The quantitative estimate of drug-likeness (QED) is 0.900.